The summed E-state index contributed by atoms with van der Waals surface area (Å²) in [5.74, 6) is -2.48. The Bertz CT molecular complexity index is 974. The van der Waals surface area contributed by atoms with Crippen molar-refractivity contribution >= 4 is 22.8 Å². The quantitative estimate of drug-likeness (QED) is 0.511. The zero-order valence-corrected chi connectivity index (χ0v) is 12.2. The lowest BCUT2D eigenvalue weighted by atomic mass is 9.90. The fraction of sp³-hybridized carbons (Fsp3) is 0.111. The van der Waals surface area contributed by atoms with Crippen LogP contribution in [0.1, 0.15) is 16.3 Å². The van der Waals surface area contributed by atoms with Crippen LogP contribution in [0.25, 0.3) is 22.0 Å². The Morgan fingerprint density at radius 1 is 1.17 bits per heavy atom. The van der Waals surface area contributed by atoms with Gasteiger partial charge in [-0.05, 0) is 29.3 Å². The minimum atomic E-state index is -1.07. The number of carbonyl (C=O) groups is 2. The highest BCUT2D eigenvalue weighted by atomic mass is 19.1. The van der Waals surface area contributed by atoms with Crippen LogP contribution in [0.15, 0.2) is 48.7 Å². The molecule has 0 radical (unpaired) electrons. The number of nitrogens with zero attached hydrogens (tertiary/aromatic N) is 1. The summed E-state index contributed by atoms with van der Waals surface area (Å²) in [4.78, 5) is 25.1. The van der Waals surface area contributed by atoms with Crippen molar-refractivity contribution in [2.45, 2.75) is 5.92 Å². The monoisotopic (exact) mass is 309 g/mol. The van der Waals surface area contributed by atoms with Crippen molar-refractivity contribution in [2.75, 3.05) is 7.11 Å². The van der Waals surface area contributed by atoms with Gasteiger partial charge in [-0.25, -0.2) is 4.39 Å². The van der Waals surface area contributed by atoms with Crippen LogP contribution >= 0.6 is 0 Å². The average molecular weight is 309 g/mol. The van der Waals surface area contributed by atoms with Gasteiger partial charge in [0.05, 0.1) is 12.6 Å². The van der Waals surface area contributed by atoms with Gasteiger partial charge in [0.1, 0.15) is 5.82 Å². The van der Waals surface area contributed by atoms with Gasteiger partial charge >= 0.3 is 5.97 Å². The zero-order valence-electron chi connectivity index (χ0n) is 12.2. The first-order chi connectivity index (χ1) is 11.1. The van der Waals surface area contributed by atoms with E-state index in [1.807, 2.05) is 0 Å². The molecular formula is C18H12FNO3. The van der Waals surface area contributed by atoms with Crippen LogP contribution in [0.3, 0.4) is 0 Å². The van der Waals surface area contributed by atoms with Crippen molar-refractivity contribution in [1.82, 2.24) is 4.57 Å². The molecule has 23 heavy (non-hydrogen) atoms. The third kappa shape index (κ3) is 1.83. The minimum Gasteiger partial charge on any atom is -0.468 e. The molecule has 0 N–H and O–H groups in total. The molecule has 0 bridgehead atoms. The van der Waals surface area contributed by atoms with Gasteiger partial charge in [-0.1, -0.05) is 24.3 Å². The molecule has 0 fully saturated rings. The van der Waals surface area contributed by atoms with Gasteiger partial charge in [0, 0.05) is 17.1 Å². The van der Waals surface area contributed by atoms with Gasteiger partial charge < -0.3 is 4.74 Å². The van der Waals surface area contributed by atoms with Crippen molar-refractivity contribution in [2.24, 2.45) is 0 Å². The molecule has 4 rings (SSSR count). The van der Waals surface area contributed by atoms with Crippen molar-refractivity contribution in [3.8, 4) is 11.1 Å². The third-order valence-electron chi connectivity index (χ3n) is 4.23. The third-order valence-corrected chi connectivity index (χ3v) is 4.23. The van der Waals surface area contributed by atoms with Crippen molar-refractivity contribution in [3.63, 3.8) is 0 Å². The van der Waals surface area contributed by atoms with E-state index in [2.05, 4.69) is 0 Å². The second-order valence-corrected chi connectivity index (χ2v) is 5.46. The average Bonchev–Trinajstić information content (AvgIpc) is 2.94. The molecule has 2 heterocycles. The maximum Gasteiger partial charge on any atom is 0.322 e. The fourth-order valence-electron chi connectivity index (χ4n) is 3.25. The minimum absolute atomic E-state index is 0.385. The molecule has 5 heteroatoms. The lowest BCUT2D eigenvalue weighted by Crippen LogP contribution is -2.26. The molecule has 3 aromatic rings. The molecule has 0 saturated heterocycles. The predicted octanol–water partition coefficient (Wildman–Crippen LogP) is 3.36. The summed E-state index contributed by atoms with van der Waals surface area (Å²) >= 11 is 0. The van der Waals surface area contributed by atoms with E-state index < -0.39 is 17.8 Å². The first-order valence-corrected chi connectivity index (χ1v) is 7.14. The normalized spacial score (nSPS) is 16.1. The van der Waals surface area contributed by atoms with E-state index in [1.165, 1.54) is 23.8 Å². The highest BCUT2D eigenvalue weighted by Crippen LogP contribution is 2.39. The van der Waals surface area contributed by atoms with E-state index in [4.69, 9.17) is 4.74 Å². The van der Waals surface area contributed by atoms with E-state index in [0.29, 0.717) is 27.6 Å². The number of carbonyl (C=O) groups excluding carboxylic acids is 2. The van der Waals surface area contributed by atoms with E-state index in [9.17, 15) is 14.0 Å². The number of benzene rings is 2. The summed E-state index contributed by atoms with van der Waals surface area (Å²) in [6, 6.07) is 11.5. The predicted molar refractivity (Wildman–Crippen MR) is 82.7 cm³/mol. The summed E-state index contributed by atoms with van der Waals surface area (Å²) in [5.41, 5.74) is 2.40. The molecule has 1 atom stereocenters. The molecule has 1 aliphatic heterocycles. The second-order valence-electron chi connectivity index (χ2n) is 5.46. The maximum atomic E-state index is 14.0. The molecule has 0 saturated carbocycles. The number of rotatable bonds is 1. The summed E-state index contributed by atoms with van der Waals surface area (Å²) in [6.45, 7) is 0. The molecule has 4 nitrogen and oxygen atoms in total. The van der Waals surface area contributed by atoms with Gasteiger partial charge in [0.25, 0.3) is 0 Å². The first-order valence-electron chi connectivity index (χ1n) is 7.14. The van der Waals surface area contributed by atoms with E-state index >= 15 is 0 Å². The van der Waals surface area contributed by atoms with E-state index in [0.717, 1.165) is 0 Å². The molecule has 1 aromatic heterocycles. The molecule has 1 aliphatic rings. The van der Waals surface area contributed by atoms with E-state index in [-0.39, 0.29) is 5.82 Å². The molecule has 0 unspecified atom stereocenters. The number of halogens is 1. The highest BCUT2D eigenvalue weighted by molar-refractivity contribution is 6.13. The Morgan fingerprint density at radius 3 is 2.74 bits per heavy atom. The summed E-state index contributed by atoms with van der Waals surface area (Å²) in [6.07, 6.45) is 1.57. The van der Waals surface area contributed by atoms with Crippen molar-refractivity contribution in [1.29, 1.82) is 0 Å². The van der Waals surface area contributed by atoms with Crippen LogP contribution in [-0.4, -0.2) is 23.6 Å². The standard InChI is InChI=1S/C18H12FNO3/c1-23-18(22)15-13-5-3-2-4-12(13)14-9-11(19)8-10-6-7-20(16(10)14)17(15)21/h2-9,15H,1H3/t15-/m1/s1. The number of fused-ring (bicyclic) bond motifs is 2. The number of aromatic nitrogens is 1. The van der Waals surface area contributed by atoms with Gasteiger partial charge in [-0.3, -0.25) is 14.2 Å². The SMILES string of the molecule is COC(=O)[C@H]1C(=O)n2ccc3cc(F)cc(c32)-c2ccccc21. The van der Waals surface area contributed by atoms with Crippen LogP contribution < -0.4 is 0 Å². The van der Waals surface area contributed by atoms with Crippen LogP contribution in [0.2, 0.25) is 0 Å². The van der Waals surface area contributed by atoms with Crippen LogP contribution in [0.4, 0.5) is 4.39 Å². The Kier molecular flexibility index (Phi) is 2.84. The maximum absolute atomic E-state index is 14.0. The Hall–Kier alpha value is -2.95. The number of hydrogen-bond donors (Lipinski definition) is 0. The number of ether oxygens (including phenoxy) is 1. The zero-order chi connectivity index (χ0) is 16.1. The highest BCUT2D eigenvalue weighted by Gasteiger charge is 2.36. The molecule has 114 valence electrons. The van der Waals surface area contributed by atoms with Crippen LogP contribution in [0, 0.1) is 5.82 Å². The fourth-order valence-corrected chi connectivity index (χ4v) is 3.25. The Labute approximate surface area is 131 Å². The van der Waals surface area contributed by atoms with Crippen LogP contribution in [0.5, 0.6) is 0 Å². The van der Waals surface area contributed by atoms with Crippen molar-refractivity contribution < 1.29 is 18.7 Å². The van der Waals surface area contributed by atoms with Gasteiger partial charge in [0.15, 0.2) is 5.92 Å². The molecule has 0 amide bonds. The Balaban J connectivity index is 2.16. The Morgan fingerprint density at radius 2 is 1.96 bits per heavy atom. The van der Waals surface area contributed by atoms with Gasteiger partial charge in [0.2, 0.25) is 5.91 Å². The summed E-state index contributed by atoms with van der Waals surface area (Å²) in [5, 5.41) is 0.619. The lowest BCUT2D eigenvalue weighted by Gasteiger charge is -2.14. The van der Waals surface area contributed by atoms with Crippen LogP contribution in [-0.2, 0) is 9.53 Å². The second kappa shape index (κ2) is 4.78. The molecular weight excluding hydrogens is 297 g/mol. The van der Waals surface area contributed by atoms with Gasteiger partial charge in [-0.15, -0.1) is 0 Å². The lowest BCUT2D eigenvalue weighted by molar-refractivity contribution is -0.141. The van der Waals surface area contributed by atoms with Gasteiger partial charge in [-0.2, -0.15) is 0 Å². The summed E-state index contributed by atoms with van der Waals surface area (Å²) < 4.78 is 20.2. The number of esters is 1. The first kappa shape index (κ1) is 13.7. The number of hydrogen-bond acceptors (Lipinski definition) is 3. The topological polar surface area (TPSA) is 48.3 Å². The smallest absolute Gasteiger partial charge is 0.322 e. The largest absolute Gasteiger partial charge is 0.468 e. The molecule has 0 aliphatic carbocycles. The number of methoxy groups -OCH3 is 1. The molecule has 0 spiro atoms. The van der Waals surface area contributed by atoms with E-state index in [1.54, 1.807) is 36.5 Å². The molecule has 2 aromatic carbocycles. The van der Waals surface area contributed by atoms with Crippen molar-refractivity contribution in [3.05, 3.63) is 60.0 Å². The summed E-state index contributed by atoms with van der Waals surface area (Å²) in [7, 11) is 1.25.